The highest BCUT2D eigenvalue weighted by Gasteiger charge is 2.31. The molecule has 0 amide bonds. The van der Waals surface area contributed by atoms with E-state index in [1.165, 1.54) is 0 Å². The van der Waals surface area contributed by atoms with Gasteiger partial charge in [-0.25, -0.2) is 14.8 Å². The number of hydrogen-bond acceptors (Lipinski definition) is 3. The third-order valence-corrected chi connectivity index (χ3v) is 12.8. The number of aryl methyl sites for hydroxylation is 1. The Bertz CT molecular complexity index is 3670. The second-order valence-corrected chi connectivity index (χ2v) is 17.2. The van der Waals surface area contributed by atoms with E-state index in [2.05, 4.69) is 82.2 Å². The first kappa shape index (κ1) is 43.2. The molecule has 0 aliphatic carbocycles. The molecule has 0 radical (unpaired) electrons. The molecule has 5 nitrogen and oxygen atoms in total. The maximum absolute atomic E-state index is 14.3. The van der Waals surface area contributed by atoms with Crippen LogP contribution in [0.3, 0.4) is 0 Å². The van der Waals surface area contributed by atoms with E-state index >= 15 is 0 Å². The zero-order chi connectivity index (χ0) is 47.9. The number of hydrogen-bond donors (Lipinski definition) is 0. The van der Waals surface area contributed by atoms with Gasteiger partial charge in [0.15, 0.2) is 11.5 Å². The molecule has 0 aliphatic heterocycles. The van der Waals surface area contributed by atoms with E-state index in [-0.39, 0.29) is 0 Å². The van der Waals surface area contributed by atoms with Gasteiger partial charge in [0.05, 0.1) is 51.9 Å². The van der Waals surface area contributed by atoms with E-state index in [0.29, 0.717) is 33.8 Å². The Morgan fingerprint density at radius 1 is 0.486 bits per heavy atom. The molecule has 2 heterocycles. The average molecular weight is 910 g/mol. The van der Waals surface area contributed by atoms with E-state index in [1.54, 1.807) is 12.1 Å². The highest BCUT2D eigenvalue weighted by molar-refractivity contribution is 6.13. The number of benzene rings is 9. The Morgan fingerprint density at radius 2 is 0.943 bits per heavy atom. The summed E-state index contributed by atoms with van der Waals surface area (Å²) >= 11 is 0. The minimum atomic E-state index is -4.54. The first-order valence-electron chi connectivity index (χ1n) is 22.6. The summed E-state index contributed by atoms with van der Waals surface area (Å²) in [6, 6.07) is 69.5. The number of nitrogens with zero attached hydrogens (tertiary/aromatic N) is 5. The second-order valence-electron chi connectivity index (χ2n) is 17.2. The quantitative estimate of drug-likeness (QED) is 0.143. The zero-order valence-corrected chi connectivity index (χ0v) is 37.6. The number of halogens is 3. The lowest BCUT2D eigenvalue weighted by molar-refractivity contribution is -0.137. The molecule has 11 aromatic rings. The maximum atomic E-state index is 14.3. The van der Waals surface area contributed by atoms with Crippen molar-refractivity contribution >= 4 is 27.5 Å². The van der Waals surface area contributed by atoms with Crippen molar-refractivity contribution in [3.63, 3.8) is 0 Å². The largest absolute Gasteiger partial charge is 0.416 e. The van der Waals surface area contributed by atoms with Crippen LogP contribution in [0, 0.1) is 24.8 Å². The third-order valence-electron chi connectivity index (χ3n) is 12.8. The standard InChI is InChI=1S/C62H38F3N5/c1-39-13-17-43(18-14-39)52-35-49(61-68-56(45-9-5-3-6-10-45)37-57(69-61)46-11-7-4-8-12-46)36-53(44-21-27-50(28-22-44)62(63,64)65)60(52)70-58-31-25-47(41-19-15-40(38-66)16-20-41)33-54(58)55-34-48(26-32-59(55)70)42-23-29-51(67-2)30-24-42/h3-37H,1H3. The van der Waals surface area contributed by atoms with Crippen molar-refractivity contribution in [1.82, 2.24) is 14.5 Å². The molecule has 0 saturated carbocycles. The molecular weight excluding hydrogens is 872 g/mol. The molecule has 0 atom stereocenters. The van der Waals surface area contributed by atoms with Gasteiger partial charge in [-0.1, -0.05) is 151 Å². The Morgan fingerprint density at radius 3 is 1.41 bits per heavy atom. The van der Waals surface area contributed by atoms with Crippen molar-refractivity contribution in [1.29, 1.82) is 5.26 Å². The minimum absolute atomic E-state index is 0.455. The fraction of sp³-hybridized carbons (Fsp3) is 0.0323. The summed E-state index contributed by atoms with van der Waals surface area (Å²) in [5, 5.41) is 11.5. The van der Waals surface area contributed by atoms with Crippen molar-refractivity contribution in [2.75, 3.05) is 0 Å². The van der Waals surface area contributed by atoms with Crippen LogP contribution in [0.25, 0.3) is 111 Å². The highest BCUT2D eigenvalue weighted by atomic mass is 19.4. The SMILES string of the molecule is [C-]#[N+]c1ccc(-c2ccc3c(c2)c2cc(-c4ccc(C#N)cc4)ccc2n3-c2c(-c3ccc(C)cc3)cc(-c3nc(-c4ccccc4)cc(-c4ccccc4)n3)cc2-c2ccc(C(F)(F)F)cc2)cc1. The second kappa shape index (κ2) is 17.7. The molecule has 70 heavy (non-hydrogen) atoms. The molecule has 0 bridgehead atoms. The molecule has 0 spiro atoms. The van der Waals surface area contributed by atoms with E-state index in [4.69, 9.17) is 16.5 Å². The first-order chi connectivity index (χ1) is 34.1. The Balaban J connectivity index is 1.24. The van der Waals surface area contributed by atoms with Crippen LogP contribution in [0.2, 0.25) is 0 Å². The Labute approximate surface area is 402 Å². The van der Waals surface area contributed by atoms with Gasteiger partial charge in [-0.2, -0.15) is 18.4 Å². The average Bonchev–Trinajstić information content (AvgIpc) is 3.73. The van der Waals surface area contributed by atoms with Gasteiger partial charge >= 0.3 is 6.18 Å². The van der Waals surface area contributed by atoms with E-state index in [1.807, 2.05) is 128 Å². The van der Waals surface area contributed by atoms with Crippen molar-refractivity contribution < 1.29 is 13.2 Å². The van der Waals surface area contributed by atoms with Crippen LogP contribution in [0.5, 0.6) is 0 Å². The Hall–Kier alpha value is -9.37. The summed E-state index contributed by atoms with van der Waals surface area (Å²) in [6.45, 7) is 9.56. The van der Waals surface area contributed by atoms with Crippen molar-refractivity contribution in [2.45, 2.75) is 13.1 Å². The summed E-state index contributed by atoms with van der Waals surface area (Å²) in [5.74, 6) is 0.455. The number of alkyl halides is 3. The lowest BCUT2D eigenvalue weighted by Crippen LogP contribution is -2.05. The maximum Gasteiger partial charge on any atom is 0.416 e. The molecule has 0 unspecified atom stereocenters. The molecule has 0 fully saturated rings. The van der Waals surface area contributed by atoms with Crippen molar-refractivity contribution in [3.8, 4) is 90.2 Å². The van der Waals surface area contributed by atoms with Gasteiger partial charge in [-0.05, 0) is 107 Å². The third kappa shape index (κ3) is 8.14. The van der Waals surface area contributed by atoms with Gasteiger partial charge in [0.25, 0.3) is 0 Å². The predicted octanol–water partition coefficient (Wildman–Crippen LogP) is 17.0. The molecule has 332 valence electrons. The van der Waals surface area contributed by atoms with E-state index in [0.717, 1.165) is 101 Å². The van der Waals surface area contributed by atoms with E-state index < -0.39 is 11.7 Å². The number of rotatable bonds is 8. The molecular formula is C62H38F3N5. The number of aromatic nitrogens is 3. The predicted molar refractivity (Wildman–Crippen MR) is 275 cm³/mol. The normalized spacial score (nSPS) is 11.4. The summed E-state index contributed by atoms with van der Waals surface area (Å²) in [4.78, 5) is 14.0. The summed E-state index contributed by atoms with van der Waals surface area (Å²) < 4.78 is 45.0. The molecule has 11 rings (SSSR count). The van der Waals surface area contributed by atoms with Gasteiger partial charge in [0.1, 0.15) is 0 Å². The molecule has 0 saturated heterocycles. The lowest BCUT2D eigenvalue weighted by Gasteiger charge is -2.21. The van der Waals surface area contributed by atoms with Gasteiger partial charge in [-0.15, -0.1) is 0 Å². The van der Waals surface area contributed by atoms with Crippen LogP contribution >= 0.6 is 0 Å². The fourth-order valence-electron chi connectivity index (χ4n) is 9.20. The molecule has 0 N–H and O–H groups in total. The van der Waals surface area contributed by atoms with Crippen LogP contribution in [-0.2, 0) is 6.18 Å². The monoisotopic (exact) mass is 909 g/mol. The summed E-state index contributed by atoms with van der Waals surface area (Å²) in [5.41, 5.74) is 14.6. The summed E-state index contributed by atoms with van der Waals surface area (Å²) in [7, 11) is 0. The van der Waals surface area contributed by atoms with Gasteiger partial charge in [0, 0.05) is 38.6 Å². The lowest BCUT2D eigenvalue weighted by atomic mass is 9.91. The van der Waals surface area contributed by atoms with Gasteiger partial charge in [-0.3, -0.25) is 0 Å². The van der Waals surface area contributed by atoms with Crippen LogP contribution in [0.15, 0.2) is 212 Å². The zero-order valence-electron chi connectivity index (χ0n) is 37.6. The van der Waals surface area contributed by atoms with Gasteiger partial charge < -0.3 is 4.57 Å². The van der Waals surface area contributed by atoms with E-state index in [9.17, 15) is 18.4 Å². The smallest absolute Gasteiger partial charge is 0.308 e. The molecule has 2 aromatic heterocycles. The number of fused-ring (bicyclic) bond motifs is 3. The highest BCUT2D eigenvalue weighted by Crippen LogP contribution is 2.46. The topological polar surface area (TPSA) is 58.9 Å². The Kier molecular flexibility index (Phi) is 10.9. The molecule has 8 heteroatoms. The van der Waals surface area contributed by atoms with Crippen LogP contribution < -0.4 is 0 Å². The minimum Gasteiger partial charge on any atom is -0.308 e. The van der Waals surface area contributed by atoms with Crippen LogP contribution in [0.1, 0.15) is 16.7 Å². The van der Waals surface area contributed by atoms with Crippen molar-refractivity contribution in [2.24, 2.45) is 0 Å². The van der Waals surface area contributed by atoms with Crippen molar-refractivity contribution in [3.05, 3.63) is 240 Å². The summed E-state index contributed by atoms with van der Waals surface area (Å²) in [6.07, 6.45) is -4.54. The fourth-order valence-corrected chi connectivity index (χ4v) is 9.20. The molecule has 9 aromatic carbocycles. The number of nitriles is 1. The van der Waals surface area contributed by atoms with Crippen LogP contribution in [-0.4, -0.2) is 14.5 Å². The molecule has 0 aliphatic rings. The van der Waals surface area contributed by atoms with Crippen LogP contribution in [0.4, 0.5) is 18.9 Å². The first-order valence-corrected chi connectivity index (χ1v) is 22.6. The van der Waals surface area contributed by atoms with Gasteiger partial charge in [0.2, 0.25) is 0 Å².